The first-order valence-corrected chi connectivity index (χ1v) is 18.0. The fraction of sp³-hybridized carbons (Fsp3) is 0.526. The Morgan fingerprint density at radius 1 is 1.04 bits per heavy atom. The van der Waals surface area contributed by atoms with Gasteiger partial charge in [0.15, 0.2) is 5.60 Å². The average Bonchev–Trinajstić information content (AvgIpc) is 4.04. The summed E-state index contributed by atoms with van der Waals surface area (Å²) in [6, 6.07) is 9.82. The summed E-state index contributed by atoms with van der Waals surface area (Å²) in [5, 5.41) is 10.5. The summed E-state index contributed by atoms with van der Waals surface area (Å²) in [7, 11) is 3.00. The highest BCUT2D eigenvalue weighted by Gasteiger charge is 2.56. The molecule has 2 aromatic rings. The van der Waals surface area contributed by atoms with Crippen LogP contribution in [0.25, 0.3) is 0 Å². The van der Waals surface area contributed by atoms with Gasteiger partial charge in [-0.1, -0.05) is 80.7 Å². The first kappa shape index (κ1) is 37.1. The van der Waals surface area contributed by atoms with Gasteiger partial charge in [0.05, 0.1) is 37.5 Å². The number of benzene rings is 2. The zero-order chi connectivity index (χ0) is 37.5. The molecule has 2 heterocycles. The molecule has 4 N–H and O–H groups in total. The number of ketones is 1. The normalized spacial score (nSPS) is 24.7. The highest BCUT2D eigenvalue weighted by atomic mass is 35.5. The van der Waals surface area contributed by atoms with E-state index in [1.165, 1.54) is 19.1 Å². The number of Topliss-reactive ketones (excluding diaryl/α,β-unsaturated/α-hetero) is 1. The number of nitrogens with one attached hydrogen (secondary N) is 2. The monoisotopic (exact) mass is 735 g/mol. The van der Waals surface area contributed by atoms with Crippen LogP contribution in [0.2, 0.25) is 5.02 Å². The van der Waals surface area contributed by atoms with Gasteiger partial charge in [0.1, 0.15) is 23.6 Å². The molecule has 2 aromatic carbocycles. The second kappa shape index (κ2) is 14.4. The third-order valence-corrected chi connectivity index (χ3v) is 10.8. The maximum Gasteiger partial charge on any atom is 0.287 e. The van der Waals surface area contributed by atoms with Crippen LogP contribution in [0.3, 0.4) is 0 Å². The van der Waals surface area contributed by atoms with Gasteiger partial charge in [0.2, 0.25) is 23.5 Å². The van der Waals surface area contributed by atoms with Crippen molar-refractivity contribution >= 4 is 46.7 Å². The van der Waals surface area contributed by atoms with Crippen molar-refractivity contribution in [1.29, 1.82) is 0 Å². The molecule has 0 radical (unpaired) electrons. The van der Waals surface area contributed by atoms with Crippen LogP contribution < -0.4 is 25.8 Å². The van der Waals surface area contributed by atoms with E-state index < -0.39 is 52.6 Å². The van der Waals surface area contributed by atoms with Crippen molar-refractivity contribution < 1.29 is 38.3 Å². The number of amides is 4. The number of oxime groups is 1. The summed E-state index contributed by atoms with van der Waals surface area (Å²) in [5.41, 5.74) is 5.59. The van der Waals surface area contributed by atoms with Crippen LogP contribution in [0, 0.1) is 17.3 Å². The highest BCUT2D eigenvalue weighted by molar-refractivity contribution is 6.38. The molecular weight excluding hydrogens is 690 g/mol. The molecule has 2 aliphatic heterocycles. The van der Waals surface area contributed by atoms with Crippen molar-refractivity contribution in [1.82, 2.24) is 15.5 Å². The van der Waals surface area contributed by atoms with Gasteiger partial charge in [-0.05, 0) is 41.7 Å². The lowest BCUT2D eigenvalue weighted by atomic mass is 9.85. The molecule has 1 saturated heterocycles. The number of hydrogen-bond acceptors (Lipinski definition) is 9. The Balaban J connectivity index is 1.27. The molecule has 0 bridgehead atoms. The van der Waals surface area contributed by atoms with Crippen LogP contribution in [0.5, 0.6) is 11.5 Å². The Morgan fingerprint density at radius 3 is 2.35 bits per heavy atom. The number of nitrogens with zero attached hydrogens (tertiary/aromatic N) is 2. The van der Waals surface area contributed by atoms with Crippen LogP contribution in [0.15, 0.2) is 47.6 Å². The van der Waals surface area contributed by atoms with Gasteiger partial charge in [-0.3, -0.25) is 24.0 Å². The minimum Gasteiger partial charge on any atom is -0.496 e. The lowest BCUT2D eigenvalue weighted by Gasteiger charge is -2.35. The van der Waals surface area contributed by atoms with Gasteiger partial charge < -0.3 is 35.6 Å². The van der Waals surface area contributed by atoms with Gasteiger partial charge in [-0.25, -0.2) is 0 Å². The molecule has 13 nitrogen and oxygen atoms in total. The number of rotatable bonds is 13. The molecule has 4 amide bonds. The molecule has 6 rings (SSSR count). The van der Waals surface area contributed by atoms with E-state index in [0.29, 0.717) is 34.2 Å². The zero-order valence-corrected chi connectivity index (χ0v) is 30.8. The molecule has 6 atom stereocenters. The van der Waals surface area contributed by atoms with Crippen LogP contribution in [-0.4, -0.2) is 84.5 Å². The summed E-state index contributed by atoms with van der Waals surface area (Å²) < 4.78 is 10.9. The SMILES string of the molecule is COc1cc(OC)c(C2=NO[C@]3(C2)C[C@@H](C(=O)N[C@@H](CC2CC2)C(=O)C(N)=O)N(C(=O)[C@@H](NC(=O)[C@H]2C[C@@H]2c2ccccc2)C(C)(C)C)C3)cc1Cl. The number of methoxy groups -OCH3 is 2. The van der Waals surface area contributed by atoms with E-state index >= 15 is 0 Å². The van der Waals surface area contributed by atoms with E-state index in [0.717, 1.165) is 18.4 Å². The van der Waals surface area contributed by atoms with Gasteiger partial charge >= 0.3 is 0 Å². The summed E-state index contributed by atoms with van der Waals surface area (Å²) in [6.45, 7) is 5.51. The number of halogens is 1. The Morgan fingerprint density at radius 2 is 1.73 bits per heavy atom. The number of carbonyl (C=O) groups is 5. The number of likely N-dealkylation sites (tertiary alicyclic amines) is 1. The number of carbonyl (C=O) groups excluding carboxylic acids is 5. The Labute approximate surface area is 307 Å². The number of nitrogens with two attached hydrogens (primary N) is 1. The van der Waals surface area contributed by atoms with E-state index in [1.54, 1.807) is 12.1 Å². The van der Waals surface area contributed by atoms with E-state index in [1.807, 2.05) is 51.1 Å². The molecule has 278 valence electrons. The Hall–Kier alpha value is -4.65. The van der Waals surface area contributed by atoms with Crippen LogP contribution >= 0.6 is 11.6 Å². The lowest BCUT2D eigenvalue weighted by molar-refractivity contribution is -0.145. The van der Waals surface area contributed by atoms with Gasteiger partial charge in [0.25, 0.3) is 5.91 Å². The molecule has 0 aromatic heterocycles. The summed E-state index contributed by atoms with van der Waals surface area (Å²) >= 11 is 6.47. The van der Waals surface area contributed by atoms with Crippen molar-refractivity contribution in [2.75, 3.05) is 20.8 Å². The molecular formula is C38H46ClN5O8. The maximum atomic E-state index is 14.7. The second-order valence-electron chi connectivity index (χ2n) is 15.5. The highest BCUT2D eigenvalue weighted by Crippen LogP contribution is 2.48. The molecule has 0 unspecified atom stereocenters. The summed E-state index contributed by atoms with van der Waals surface area (Å²) in [5.74, 6) is -2.56. The Kier molecular flexibility index (Phi) is 10.3. The van der Waals surface area contributed by atoms with Crippen molar-refractivity contribution in [3.63, 3.8) is 0 Å². The Bertz CT molecular complexity index is 1790. The smallest absolute Gasteiger partial charge is 0.287 e. The number of primary amides is 1. The first-order chi connectivity index (χ1) is 24.6. The average molecular weight is 736 g/mol. The van der Waals surface area contributed by atoms with Crippen molar-refractivity contribution in [3.05, 3.63) is 58.6 Å². The van der Waals surface area contributed by atoms with E-state index in [4.69, 9.17) is 31.6 Å². The number of hydrogen-bond donors (Lipinski definition) is 3. The predicted molar refractivity (Wildman–Crippen MR) is 192 cm³/mol. The standard InChI is InChI=1S/C38H46ClN5O8/c1-37(2,3)32(42-34(47)23-14-22(23)21-9-7-6-8-10-21)36(49)44-19-38(17-27(43-52-38)24-15-25(39)30(51-5)16-29(24)50-4)18-28(44)35(48)41-26(13-20-11-12-20)31(45)33(40)46/h6-10,15-16,20,22-23,26,28,32H,11-14,17-19H2,1-5H3,(H2,40,46)(H,41,48)(H,42,47)/t22-,23+,26+,28+,32-,38-/m1/s1. The fourth-order valence-corrected chi connectivity index (χ4v) is 7.58. The van der Waals surface area contributed by atoms with E-state index in [9.17, 15) is 24.0 Å². The first-order valence-electron chi connectivity index (χ1n) is 17.6. The van der Waals surface area contributed by atoms with Crippen LogP contribution in [0.1, 0.15) is 76.3 Å². The van der Waals surface area contributed by atoms with E-state index in [-0.39, 0.29) is 49.5 Å². The quantitative estimate of drug-likeness (QED) is 0.262. The van der Waals surface area contributed by atoms with Gasteiger partial charge in [-0.2, -0.15) is 0 Å². The minimum atomic E-state index is -1.14. The molecule has 1 spiro atoms. The molecule has 2 aliphatic carbocycles. The minimum absolute atomic E-state index is 0.0220. The predicted octanol–water partition coefficient (Wildman–Crippen LogP) is 3.50. The molecule has 4 aliphatic rings. The zero-order valence-electron chi connectivity index (χ0n) is 30.1. The lowest BCUT2D eigenvalue weighted by Crippen LogP contribution is -2.59. The molecule has 14 heteroatoms. The van der Waals surface area contributed by atoms with Crippen molar-refractivity contribution in [3.8, 4) is 11.5 Å². The summed E-state index contributed by atoms with van der Waals surface area (Å²) in [6.07, 6.45) is 2.91. The molecule has 52 heavy (non-hydrogen) atoms. The fourth-order valence-electron chi connectivity index (χ4n) is 7.33. The maximum absolute atomic E-state index is 14.7. The van der Waals surface area contributed by atoms with Crippen molar-refractivity contribution in [2.24, 2.45) is 28.1 Å². The second-order valence-corrected chi connectivity index (χ2v) is 15.9. The molecule has 3 fully saturated rings. The van der Waals surface area contributed by atoms with E-state index in [2.05, 4.69) is 15.8 Å². The summed E-state index contributed by atoms with van der Waals surface area (Å²) in [4.78, 5) is 74.8. The van der Waals surface area contributed by atoms with Crippen LogP contribution in [0.4, 0.5) is 0 Å². The van der Waals surface area contributed by atoms with Gasteiger partial charge in [0, 0.05) is 30.4 Å². The largest absolute Gasteiger partial charge is 0.496 e. The van der Waals surface area contributed by atoms with Gasteiger partial charge in [-0.15, -0.1) is 0 Å². The third-order valence-electron chi connectivity index (χ3n) is 10.5. The topological polar surface area (TPSA) is 179 Å². The third kappa shape index (κ3) is 7.74. The van der Waals surface area contributed by atoms with Crippen LogP contribution in [-0.2, 0) is 28.8 Å². The molecule has 2 saturated carbocycles. The number of ether oxygens (including phenoxy) is 2. The van der Waals surface area contributed by atoms with Crippen molar-refractivity contribution in [2.45, 2.75) is 88.9 Å².